The van der Waals surface area contributed by atoms with Gasteiger partial charge in [0.1, 0.15) is 10.7 Å². The number of sulfonamides is 1. The van der Waals surface area contributed by atoms with Crippen LogP contribution in [-0.4, -0.2) is 33.0 Å². The Morgan fingerprint density at radius 1 is 1.44 bits per heavy atom. The number of aromatic nitrogens is 1. The first kappa shape index (κ1) is 13.3. The number of hydrogen-bond donors (Lipinski definition) is 2. The van der Waals surface area contributed by atoms with Crippen molar-refractivity contribution in [1.29, 1.82) is 0 Å². The second kappa shape index (κ2) is 4.83. The Kier molecular flexibility index (Phi) is 3.56. The van der Waals surface area contributed by atoms with Crippen LogP contribution >= 0.6 is 0 Å². The molecule has 0 atom stereocenters. The Hall–Kier alpha value is -1.18. The van der Waals surface area contributed by atoms with Crippen molar-refractivity contribution in [2.24, 2.45) is 16.8 Å². The molecule has 1 aromatic heterocycles. The van der Waals surface area contributed by atoms with Crippen molar-refractivity contribution in [3.05, 3.63) is 18.3 Å². The lowest BCUT2D eigenvalue weighted by Crippen LogP contribution is -2.42. The molecule has 7 heteroatoms. The molecule has 0 spiro atoms. The van der Waals surface area contributed by atoms with Crippen molar-refractivity contribution < 1.29 is 8.42 Å². The Labute approximate surface area is 107 Å². The lowest BCUT2D eigenvalue weighted by molar-refractivity contribution is 0.270. The highest BCUT2D eigenvalue weighted by Crippen LogP contribution is 2.27. The molecule has 1 fully saturated rings. The summed E-state index contributed by atoms with van der Waals surface area (Å²) >= 11 is 0. The maximum atomic E-state index is 11.1. The first-order valence-corrected chi connectivity index (χ1v) is 7.36. The fourth-order valence-electron chi connectivity index (χ4n) is 2.18. The van der Waals surface area contributed by atoms with Gasteiger partial charge in [-0.1, -0.05) is 0 Å². The Bertz CT molecular complexity index is 508. The van der Waals surface area contributed by atoms with Crippen LogP contribution in [0.15, 0.2) is 23.2 Å². The Balaban J connectivity index is 2.01. The summed E-state index contributed by atoms with van der Waals surface area (Å²) in [5.74, 6) is 1.34. The van der Waals surface area contributed by atoms with Crippen LogP contribution in [0.5, 0.6) is 0 Å². The zero-order chi connectivity index (χ0) is 13.3. The monoisotopic (exact) mass is 270 g/mol. The van der Waals surface area contributed by atoms with E-state index in [1.165, 1.54) is 12.3 Å². The topological polar surface area (TPSA) is 102 Å². The number of rotatable bonds is 4. The van der Waals surface area contributed by atoms with Crippen molar-refractivity contribution in [2.45, 2.75) is 23.8 Å². The normalized spacial score (nSPS) is 23.5. The van der Waals surface area contributed by atoms with E-state index in [4.69, 9.17) is 10.9 Å². The second-order valence-electron chi connectivity index (χ2n) is 4.88. The number of hydrogen-bond acceptors (Lipinski definition) is 5. The van der Waals surface area contributed by atoms with E-state index in [-0.39, 0.29) is 4.90 Å². The summed E-state index contributed by atoms with van der Waals surface area (Å²) < 4.78 is 22.2. The van der Waals surface area contributed by atoms with Crippen LogP contribution in [0.4, 0.5) is 5.82 Å². The summed E-state index contributed by atoms with van der Waals surface area (Å²) in [5, 5.41) is 5.01. The molecule has 6 nitrogen and oxygen atoms in total. The van der Waals surface area contributed by atoms with Crippen LogP contribution in [0.1, 0.15) is 12.8 Å². The minimum absolute atomic E-state index is 0.0327. The summed E-state index contributed by atoms with van der Waals surface area (Å²) in [4.78, 5) is 6.15. The molecule has 0 unspecified atom stereocenters. The molecule has 4 N–H and O–H groups in total. The summed E-state index contributed by atoms with van der Waals surface area (Å²) in [6, 6.07) is 3.47. The molecule has 0 radical (unpaired) electrons. The van der Waals surface area contributed by atoms with Crippen molar-refractivity contribution in [3.63, 3.8) is 0 Å². The van der Waals surface area contributed by atoms with Crippen LogP contribution in [0.25, 0.3) is 0 Å². The van der Waals surface area contributed by atoms with E-state index in [2.05, 4.69) is 4.98 Å². The van der Waals surface area contributed by atoms with Gasteiger partial charge in [-0.05, 0) is 30.9 Å². The highest BCUT2D eigenvalue weighted by molar-refractivity contribution is 7.89. The molecule has 1 saturated carbocycles. The number of nitrogens with zero attached hydrogens (tertiary/aromatic N) is 2. The van der Waals surface area contributed by atoms with Gasteiger partial charge in [-0.15, -0.1) is 0 Å². The van der Waals surface area contributed by atoms with Crippen molar-refractivity contribution >= 4 is 15.8 Å². The third-order valence-corrected chi connectivity index (χ3v) is 4.14. The lowest BCUT2D eigenvalue weighted by Gasteiger charge is -2.35. The quantitative estimate of drug-likeness (QED) is 0.795. The smallest absolute Gasteiger partial charge is 0.239 e. The molecule has 0 saturated heterocycles. The van der Waals surface area contributed by atoms with E-state index < -0.39 is 10.0 Å². The van der Waals surface area contributed by atoms with E-state index in [1.807, 2.05) is 11.9 Å². The number of pyridine rings is 1. The average Bonchev–Trinajstić information content (AvgIpc) is 2.26. The molecular formula is C11H18N4O2S. The van der Waals surface area contributed by atoms with E-state index in [1.54, 1.807) is 6.07 Å². The van der Waals surface area contributed by atoms with Crippen LogP contribution in [0.3, 0.4) is 0 Å². The maximum Gasteiger partial charge on any atom is 0.239 e. The van der Waals surface area contributed by atoms with E-state index in [0.717, 1.165) is 25.2 Å². The van der Waals surface area contributed by atoms with E-state index >= 15 is 0 Å². The third-order valence-electron chi connectivity index (χ3n) is 3.24. The first-order valence-electron chi connectivity index (χ1n) is 5.82. The molecule has 1 aliphatic carbocycles. The van der Waals surface area contributed by atoms with Gasteiger partial charge in [-0.3, -0.25) is 0 Å². The molecule has 1 aromatic rings. The van der Waals surface area contributed by atoms with Crippen molar-refractivity contribution in [3.8, 4) is 0 Å². The molecular weight excluding hydrogens is 252 g/mol. The zero-order valence-electron chi connectivity index (χ0n) is 10.3. The summed E-state index contributed by atoms with van der Waals surface area (Å²) in [6.45, 7) is 0.884. The largest absolute Gasteiger partial charge is 0.359 e. The SMILES string of the molecule is CN(CC1CC(N)C1)c1ccc(S(N)(=O)=O)cn1. The second-order valence-corrected chi connectivity index (χ2v) is 6.44. The Morgan fingerprint density at radius 3 is 2.56 bits per heavy atom. The van der Waals surface area contributed by atoms with Crippen molar-refractivity contribution in [2.75, 3.05) is 18.5 Å². The third kappa shape index (κ3) is 2.98. The number of anilines is 1. The molecule has 0 aliphatic heterocycles. The van der Waals surface area contributed by atoms with E-state index in [9.17, 15) is 8.42 Å². The maximum absolute atomic E-state index is 11.1. The summed E-state index contributed by atoms with van der Waals surface area (Å²) in [5.41, 5.74) is 5.74. The van der Waals surface area contributed by atoms with Crippen LogP contribution < -0.4 is 15.8 Å². The minimum Gasteiger partial charge on any atom is -0.359 e. The average molecular weight is 270 g/mol. The summed E-state index contributed by atoms with van der Waals surface area (Å²) in [7, 11) is -1.73. The van der Waals surface area contributed by atoms with Gasteiger partial charge >= 0.3 is 0 Å². The number of primary sulfonamides is 1. The van der Waals surface area contributed by atoms with Crippen LogP contribution in [-0.2, 0) is 10.0 Å². The predicted octanol–water partition coefficient (Wildman–Crippen LogP) is -0.0975. The molecule has 0 aromatic carbocycles. The fraction of sp³-hybridized carbons (Fsp3) is 0.545. The van der Waals surface area contributed by atoms with Gasteiger partial charge in [0.2, 0.25) is 10.0 Å². The van der Waals surface area contributed by atoms with Gasteiger partial charge < -0.3 is 10.6 Å². The molecule has 0 amide bonds. The molecule has 18 heavy (non-hydrogen) atoms. The van der Waals surface area contributed by atoms with Gasteiger partial charge in [0.15, 0.2) is 0 Å². The minimum atomic E-state index is -3.67. The van der Waals surface area contributed by atoms with Gasteiger partial charge in [0.25, 0.3) is 0 Å². The predicted molar refractivity (Wildman–Crippen MR) is 69.6 cm³/mol. The van der Waals surface area contributed by atoms with Crippen LogP contribution in [0, 0.1) is 5.92 Å². The number of nitrogens with two attached hydrogens (primary N) is 2. The lowest BCUT2D eigenvalue weighted by atomic mass is 9.81. The highest BCUT2D eigenvalue weighted by Gasteiger charge is 2.27. The van der Waals surface area contributed by atoms with Crippen LogP contribution in [0.2, 0.25) is 0 Å². The molecule has 100 valence electrons. The van der Waals surface area contributed by atoms with Gasteiger partial charge in [-0.2, -0.15) is 0 Å². The van der Waals surface area contributed by atoms with Crippen molar-refractivity contribution in [1.82, 2.24) is 4.98 Å². The molecule has 2 rings (SSSR count). The first-order chi connectivity index (χ1) is 8.36. The molecule has 1 heterocycles. The standard InChI is InChI=1S/C11H18N4O2S/c1-15(7-8-4-9(12)5-8)11-3-2-10(6-14-11)18(13,16)17/h2-3,6,8-9H,4-5,7,12H2,1H3,(H2,13,16,17). The van der Waals surface area contributed by atoms with Gasteiger partial charge in [0, 0.05) is 25.8 Å². The van der Waals surface area contributed by atoms with Gasteiger partial charge in [-0.25, -0.2) is 18.5 Å². The Morgan fingerprint density at radius 2 is 2.11 bits per heavy atom. The summed E-state index contributed by atoms with van der Waals surface area (Å²) in [6.07, 6.45) is 3.37. The fourth-order valence-corrected chi connectivity index (χ4v) is 2.64. The highest BCUT2D eigenvalue weighted by atomic mass is 32.2. The van der Waals surface area contributed by atoms with Gasteiger partial charge in [0.05, 0.1) is 0 Å². The van der Waals surface area contributed by atoms with E-state index in [0.29, 0.717) is 12.0 Å². The zero-order valence-corrected chi connectivity index (χ0v) is 11.1. The molecule has 1 aliphatic rings. The molecule has 0 bridgehead atoms.